The van der Waals surface area contributed by atoms with Crippen molar-refractivity contribution in [2.24, 2.45) is 0 Å². The van der Waals surface area contributed by atoms with Gasteiger partial charge in [-0.3, -0.25) is 9.59 Å². The molecule has 0 radical (unpaired) electrons. The van der Waals surface area contributed by atoms with E-state index in [1.165, 1.54) is 0 Å². The Morgan fingerprint density at radius 1 is 1.39 bits per heavy atom. The van der Waals surface area contributed by atoms with Crippen molar-refractivity contribution in [2.75, 3.05) is 12.4 Å². The number of aliphatic hydroxyl groups excluding tert-OH is 1. The number of carbonyl (C=O) groups excluding carboxylic acids is 1. The van der Waals surface area contributed by atoms with Crippen LogP contribution >= 0.6 is 0 Å². The molecule has 0 aliphatic rings. The fourth-order valence-electron chi connectivity index (χ4n) is 1.06. The van der Waals surface area contributed by atoms with E-state index >= 15 is 0 Å². The van der Waals surface area contributed by atoms with Crippen LogP contribution in [0.15, 0.2) is 0 Å². The Hall–Kier alpha value is -1.19. The summed E-state index contributed by atoms with van der Waals surface area (Å²) < 4.78 is 29.3. The highest BCUT2D eigenvalue weighted by atomic mass is 32.2. The molecular weight excluding hydrogens is 266 g/mol. The van der Waals surface area contributed by atoms with Crippen LogP contribution in [0.2, 0.25) is 0 Å². The van der Waals surface area contributed by atoms with Crippen LogP contribution in [0.5, 0.6) is 0 Å². The van der Waals surface area contributed by atoms with Gasteiger partial charge in [0.1, 0.15) is 6.04 Å². The Balaban J connectivity index is 4.46. The Morgan fingerprint density at radius 2 is 1.94 bits per heavy atom. The van der Waals surface area contributed by atoms with E-state index in [2.05, 4.69) is 4.74 Å². The Labute approximate surface area is 105 Å². The zero-order chi connectivity index (χ0) is 14.3. The van der Waals surface area contributed by atoms with Gasteiger partial charge in [-0.1, -0.05) is 0 Å². The van der Waals surface area contributed by atoms with Gasteiger partial charge in [0.05, 0.1) is 24.9 Å². The van der Waals surface area contributed by atoms with E-state index in [0.717, 1.165) is 6.92 Å². The van der Waals surface area contributed by atoms with Gasteiger partial charge in [0.2, 0.25) is 10.0 Å². The van der Waals surface area contributed by atoms with Crippen molar-refractivity contribution in [3.8, 4) is 0 Å². The SMILES string of the molecule is CCOC(=O)CCS(=O)(=O)N[C@H](C(=O)O)[C@@H](C)O. The molecule has 0 heterocycles. The first kappa shape index (κ1) is 16.8. The van der Waals surface area contributed by atoms with Crippen LogP contribution in [-0.4, -0.2) is 55.1 Å². The minimum Gasteiger partial charge on any atom is -0.480 e. The molecule has 18 heavy (non-hydrogen) atoms. The fourth-order valence-corrected chi connectivity index (χ4v) is 2.30. The van der Waals surface area contributed by atoms with Crippen molar-refractivity contribution in [3.63, 3.8) is 0 Å². The molecule has 2 atom stereocenters. The largest absolute Gasteiger partial charge is 0.480 e. The topological polar surface area (TPSA) is 130 Å². The first-order chi connectivity index (χ1) is 8.19. The zero-order valence-electron chi connectivity index (χ0n) is 10.1. The van der Waals surface area contributed by atoms with Gasteiger partial charge in [-0.2, -0.15) is 4.72 Å². The molecular formula is C9H17NO7S. The first-order valence-corrected chi connectivity index (χ1v) is 6.91. The van der Waals surface area contributed by atoms with E-state index in [-0.39, 0.29) is 13.0 Å². The lowest BCUT2D eigenvalue weighted by atomic mass is 10.2. The lowest BCUT2D eigenvalue weighted by molar-refractivity contribution is -0.142. The fraction of sp³-hybridized carbons (Fsp3) is 0.778. The average molecular weight is 283 g/mol. The van der Waals surface area contributed by atoms with E-state index in [1.54, 1.807) is 11.6 Å². The molecule has 0 rings (SSSR count). The number of hydrogen-bond acceptors (Lipinski definition) is 6. The summed E-state index contributed by atoms with van der Waals surface area (Å²) in [5.41, 5.74) is 0. The summed E-state index contributed by atoms with van der Waals surface area (Å²) in [5, 5.41) is 17.8. The molecule has 0 aliphatic carbocycles. The summed E-state index contributed by atoms with van der Waals surface area (Å²) in [6.07, 6.45) is -1.77. The second kappa shape index (κ2) is 7.29. The van der Waals surface area contributed by atoms with Gasteiger partial charge in [0.25, 0.3) is 0 Å². The van der Waals surface area contributed by atoms with Gasteiger partial charge >= 0.3 is 11.9 Å². The molecule has 0 spiro atoms. The van der Waals surface area contributed by atoms with Crippen LogP contribution < -0.4 is 4.72 Å². The molecule has 0 amide bonds. The monoisotopic (exact) mass is 283 g/mol. The van der Waals surface area contributed by atoms with E-state index in [4.69, 9.17) is 10.2 Å². The van der Waals surface area contributed by atoms with E-state index < -0.39 is 39.9 Å². The molecule has 0 fully saturated rings. The highest BCUT2D eigenvalue weighted by molar-refractivity contribution is 7.89. The van der Waals surface area contributed by atoms with Crippen LogP contribution in [-0.2, 0) is 24.3 Å². The molecule has 0 aromatic rings. The molecule has 0 bridgehead atoms. The highest BCUT2D eigenvalue weighted by Gasteiger charge is 2.28. The average Bonchev–Trinajstić information content (AvgIpc) is 2.23. The molecule has 106 valence electrons. The van der Waals surface area contributed by atoms with Crippen molar-refractivity contribution < 1.29 is 33.0 Å². The Kier molecular flexibility index (Phi) is 6.81. The number of hydrogen-bond donors (Lipinski definition) is 3. The number of carbonyl (C=O) groups is 2. The number of aliphatic hydroxyl groups is 1. The number of carboxylic acids is 1. The predicted molar refractivity (Wildman–Crippen MR) is 61.3 cm³/mol. The molecule has 0 unspecified atom stereocenters. The van der Waals surface area contributed by atoms with Crippen molar-refractivity contribution in [1.29, 1.82) is 0 Å². The van der Waals surface area contributed by atoms with Crippen LogP contribution in [0.25, 0.3) is 0 Å². The third-order valence-electron chi connectivity index (χ3n) is 1.94. The third kappa shape index (κ3) is 6.52. The summed E-state index contributed by atoms with van der Waals surface area (Å²) in [6, 6.07) is -1.64. The van der Waals surface area contributed by atoms with Crippen molar-refractivity contribution in [3.05, 3.63) is 0 Å². The second-order valence-corrected chi connectivity index (χ2v) is 5.42. The number of aliphatic carboxylic acids is 1. The number of rotatable bonds is 8. The molecule has 0 aromatic heterocycles. The minimum atomic E-state index is -3.98. The maximum atomic E-state index is 11.5. The normalized spacial score (nSPS) is 14.8. The van der Waals surface area contributed by atoms with Gasteiger partial charge < -0.3 is 14.9 Å². The molecule has 8 nitrogen and oxygen atoms in total. The van der Waals surface area contributed by atoms with Crippen molar-refractivity contribution >= 4 is 22.0 Å². The maximum absolute atomic E-state index is 11.5. The van der Waals surface area contributed by atoms with Crippen LogP contribution in [0.3, 0.4) is 0 Å². The molecule has 0 aliphatic heterocycles. The van der Waals surface area contributed by atoms with Gasteiger partial charge in [0, 0.05) is 0 Å². The number of ether oxygens (including phenoxy) is 1. The number of carboxylic acid groups (broad SMARTS) is 1. The van der Waals surface area contributed by atoms with Crippen LogP contribution in [0.1, 0.15) is 20.3 Å². The predicted octanol–water partition coefficient (Wildman–Crippen LogP) is -1.31. The highest BCUT2D eigenvalue weighted by Crippen LogP contribution is 1.99. The van der Waals surface area contributed by atoms with Crippen LogP contribution in [0.4, 0.5) is 0 Å². The summed E-state index contributed by atoms with van der Waals surface area (Å²) in [5.74, 6) is -2.78. The second-order valence-electron chi connectivity index (χ2n) is 3.55. The van der Waals surface area contributed by atoms with Crippen LogP contribution in [0, 0.1) is 0 Å². The molecule has 0 saturated heterocycles. The van der Waals surface area contributed by atoms with Gasteiger partial charge in [-0.25, -0.2) is 8.42 Å². The lowest BCUT2D eigenvalue weighted by Gasteiger charge is -2.16. The van der Waals surface area contributed by atoms with E-state index in [0.29, 0.717) is 0 Å². The summed E-state index contributed by atoms with van der Waals surface area (Å²) in [4.78, 5) is 21.6. The number of sulfonamides is 1. The van der Waals surface area contributed by atoms with Gasteiger partial charge in [-0.05, 0) is 13.8 Å². The smallest absolute Gasteiger partial charge is 0.324 e. The summed E-state index contributed by atoms with van der Waals surface area (Å²) in [6.45, 7) is 2.86. The molecule has 0 aromatic carbocycles. The third-order valence-corrected chi connectivity index (χ3v) is 3.29. The lowest BCUT2D eigenvalue weighted by Crippen LogP contribution is -2.48. The quantitative estimate of drug-likeness (QED) is 0.471. The van der Waals surface area contributed by atoms with Gasteiger partial charge in [0.15, 0.2) is 0 Å². The first-order valence-electron chi connectivity index (χ1n) is 5.26. The Morgan fingerprint density at radius 3 is 2.33 bits per heavy atom. The zero-order valence-corrected chi connectivity index (χ0v) is 10.9. The molecule has 3 N–H and O–H groups in total. The molecule has 0 saturated carbocycles. The minimum absolute atomic E-state index is 0.137. The van der Waals surface area contributed by atoms with E-state index in [9.17, 15) is 18.0 Å². The van der Waals surface area contributed by atoms with E-state index in [1.807, 2.05) is 0 Å². The standard InChI is InChI=1S/C9H17NO7S/c1-3-17-7(12)4-5-18(15,16)10-8(6(2)11)9(13)14/h6,8,10-11H,3-5H2,1-2H3,(H,13,14)/t6-,8+/m1/s1. The summed E-state index contributed by atoms with van der Waals surface area (Å²) >= 11 is 0. The Bertz CT molecular complexity index is 390. The maximum Gasteiger partial charge on any atom is 0.324 e. The number of nitrogens with one attached hydrogen (secondary N) is 1. The van der Waals surface area contributed by atoms with Gasteiger partial charge in [-0.15, -0.1) is 0 Å². The summed E-state index contributed by atoms with van der Waals surface area (Å²) in [7, 11) is -3.98. The number of esters is 1. The molecule has 9 heteroatoms. The van der Waals surface area contributed by atoms with Crippen molar-refractivity contribution in [2.45, 2.75) is 32.4 Å². The van der Waals surface area contributed by atoms with Crippen molar-refractivity contribution in [1.82, 2.24) is 4.72 Å².